The minimum absolute atomic E-state index is 0.125. The highest BCUT2D eigenvalue weighted by Crippen LogP contribution is 2.15. The second-order valence-electron chi connectivity index (χ2n) is 4.50. The van der Waals surface area contributed by atoms with Crippen molar-refractivity contribution in [3.8, 4) is 0 Å². The van der Waals surface area contributed by atoms with E-state index in [0.717, 1.165) is 0 Å². The number of carboxylic acid groups (broad SMARTS) is 1. The molecule has 1 heterocycles. The lowest BCUT2D eigenvalue weighted by molar-refractivity contribution is -0.140. The van der Waals surface area contributed by atoms with E-state index in [1.807, 2.05) is 6.92 Å². The highest BCUT2D eigenvalue weighted by molar-refractivity contribution is 5.97. The molecule has 1 aromatic heterocycles. The SMILES string of the molecule is CC[C@H](C)[C@@H](NC(=O)c1cc(C)oc1C)C(=O)O. The lowest BCUT2D eigenvalue weighted by atomic mass is 9.99. The first kappa shape index (κ1) is 14.3. The Labute approximate surface area is 106 Å². The van der Waals surface area contributed by atoms with E-state index in [1.54, 1.807) is 26.8 Å². The van der Waals surface area contributed by atoms with Gasteiger partial charge in [0.1, 0.15) is 17.6 Å². The largest absolute Gasteiger partial charge is 0.480 e. The zero-order valence-electron chi connectivity index (χ0n) is 11.1. The van der Waals surface area contributed by atoms with Crippen molar-refractivity contribution in [2.24, 2.45) is 5.92 Å². The van der Waals surface area contributed by atoms with Gasteiger partial charge >= 0.3 is 5.97 Å². The van der Waals surface area contributed by atoms with Crippen LogP contribution in [-0.2, 0) is 4.79 Å². The van der Waals surface area contributed by atoms with Gasteiger partial charge in [-0.1, -0.05) is 20.3 Å². The summed E-state index contributed by atoms with van der Waals surface area (Å²) in [4.78, 5) is 23.1. The van der Waals surface area contributed by atoms with Crippen molar-refractivity contribution in [1.29, 1.82) is 0 Å². The maximum absolute atomic E-state index is 12.0. The smallest absolute Gasteiger partial charge is 0.326 e. The third-order valence-electron chi connectivity index (χ3n) is 3.05. The molecule has 1 aromatic rings. The third-order valence-corrected chi connectivity index (χ3v) is 3.05. The number of nitrogens with one attached hydrogen (secondary N) is 1. The molecule has 5 nitrogen and oxygen atoms in total. The van der Waals surface area contributed by atoms with E-state index in [-0.39, 0.29) is 5.92 Å². The summed E-state index contributed by atoms with van der Waals surface area (Å²) in [6.07, 6.45) is 0.681. The topological polar surface area (TPSA) is 79.5 Å². The first-order chi connectivity index (χ1) is 8.36. The van der Waals surface area contributed by atoms with Crippen molar-refractivity contribution in [3.63, 3.8) is 0 Å². The molecule has 0 saturated heterocycles. The molecule has 5 heteroatoms. The van der Waals surface area contributed by atoms with Crippen LogP contribution in [0.1, 0.15) is 42.1 Å². The van der Waals surface area contributed by atoms with Gasteiger partial charge in [0.2, 0.25) is 0 Å². The Morgan fingerprint density at radius 3 is 2.44 bits per heavy atom. The van der Waals surface area contributed by atoms with Gasteiger partial charge in [-0.05, 0) is 25.8 Å². The third kappa shape index (κ3) is 3.12. The number of furan rings is 1. The van der Waals surface area contributed by atoms with Crippen LogP contribution in [0.3, 0.4) is 0 Å². The molecule has 0 spiro atoms. The van der Waals surface area contributed by atoms with Gasteiger partial charge in [0, 0.05) is 0 Å². The molecule has 0 radical (unpaired) electrons. The van der Waals surface area contributed by atoms with Crippen LogP contribution in [0, 0.1) is 19.8 Å². The Morgan fingerprint density at radius 1 is 1.44 bits per heavy atom. The van der Waals surface area contributed by atoms with Gasteiger partial charge in [-0.3, -0.25) is 4.79 Å². The van der Waals surface area contributed by atoms with Crippen LogP contribution in [0.5, 0.6) is 0 Å². The zero-order chi connectivity index (χ0) is 13.9. The van der Waals surface area contributed by atoms with Crippen molar-refractivity contribution < 1.29 is 19.1 Å². The molecular weight excluding hydrogens is 234 g/mol. The second-order valence-corrected chi connectivity index (χ2v) is 4.50. The lowest BCUT2D eigenvalue weighted by Gasteiger charge is -2.19. The number of aryl methyl sites for hydroxylation is 2. The van der Waals surface area contributed by atoms with E-state index < -0.39 is 17.9 Å². The second kappa shape index (κ2) is 5.71. The van der Waals surface area contributed by atoms with Crippen LogP contribution in [0.25, 0.3) is 0 Å². The molecule has 0 fully saturated rings. The van der Waals surface area contributed by atoms with E-state index >= 15 is 0 Å². The Morgan fingerprint density at radius 2 is 2.06 bits per heavy atom. The highest BCUT2D eigenvalue weighted by Gasteiger charge is 2.26. The van der Waals surface area contributed by atoms with E-state index in [0.29, 0.717) is 23.5 Å². The Hall–Kier alpha value is -1.78. The maximum atomic E-state index is 12.0. The van der Waals surface area contributed by atoms with Crippen LogP contribution in [0.2, 0.25) is 0 Å². The van der Waals surface area contributed by atoms with Gasteiger partial charge in [-0.2, -0.15) is 0 Å². The molecule has 18 heavy (non-hydrogen) atoms. The Bertz CT molecular complexity index is 450. The molecule has 1 amide bonds. The number of carboxylic acids is 1. The molecule has 0 aliphatic heterocycles. The van der Waals surface area contributed by atoms with Crippen molar-refractivity contribution in [2.75, 3.05) is 0 Å². The fourth-order valence-electron chi connectivity index (χ4n) is 1.76. The number of carbonyl (C=O) groups excluding carboxylic acids is 1. The predicted molar refractivity (Wildman–Crippen MR) is 66.5 cm³/mol. The minimum Gasteiger partial charge on any atom is -0.480 e. The summed E-state index contributed by atoms with van der Waals surface area (Å²) in [5.74, 6) is -0.418. The Kier molecular flexibility index (Phi) is 4.53. The summed E-state index contributed by atoms with van der Waals surface area (Å²) in [5.41, 5.74) is 0.391. The summed E-state index contributed by atoms with van der Waals surface area (Å²) in [7, 11) is 0. The normalized spacial score (nSPS) is 14.0. The summed E-state index contributed by atoms with van der Waals surface area (Å²) >= 11 is 0. The fourth-order valence-corrected chi connectivity index (χ4v) is 1.76. The number of amides is 1. The average Bonchev–Trinajstić information content (AvgIpc) is 2.63. The van der Waals surface area contributed by atoms with Crippen LogP contribution < -0.4 is 5.32 Å². The lowest BCUT2D eigenvalue weighted by Crippen LogP contribution is -2.45. The monoisotopic (exact) mass is 253 g/mol. The molecule has 0 unspecified atom stereocenters. The number of carbonyl (C=O) groups is 2. The quantitative estimate of drug-likeness (QED) is 0.842. The van der Waals surface area contributed by atoms with Crippen molar-refractivity contribution in [2.45, 2.75) is 40.2 Å². The molecule has 0 aliphatic carbocycles. The number of hydrogen-bond acceptors (Lipinski definition) is 3. The zero-order valence-corrected chi connectivity index (χ0v) is 11.1. The number of aliphatic carboxylic acids is 1. The predicted octanol–water partition coefficient (Wildman–Crippen LogP) is 2.13. The van der Waals surface area contributed by atoms with Gasteiger partial charge < -0.3 is 14.8 Å². The number of rotatable bonds is 5. The molecular formula is C13H19NO4. The summed E-state index contributed by atoms with van der Waals surface area (Å²) in [6.45, 7) is 7.11. The minimum atomic E-state index is -1.02. The standard InChI is InChI=1S/C13H19NO4/c1-5-7(2)11(13(16)17)14-12(15)10-6-8(3)18-9(10)4/h6-7,11H,5H2,1-4H3,(H,14,15)(H,16,17)/t7-,11+/m0/s1. The Balaban J connectivity index is 2.85. The summed E-state index contributed by atoms with van der Waals surface area (Å²) in [5, 5.41) is 11.6. The molecule has 0 aromatic carbocycles. The molecule has 2 atom stereocenters. The molecule has 100 valence electrons. The first-order valence-electron chi connectivity index (χ1n) is 5.97. The fraction of sp³-hybridized carbons (Fsp3) is 0.538. The van der Waals surface area contributed by atoms with Crippen molar-refractivity contribution in [3.05, 3.63) is 23.2 Å². The van der Waals surface area contributed by atoms with Crippen LogP contribution in [-0.4, -0.2) is 23.0 Å². The van der Waals surface area contributed by atoms with Gasteiger partial charge in [0.25, 0.3) is 5.91 Å². The highest BCUT2D eigenvalue weighted by atomic mass is 16.4. The van der Waals surface area contributed by atoms with Gasteiger partial charge in [-0.25, -0.2) is 4.79 Å². The van der Waals surface area contributed by atoms with Crippen LogP contribution in [0.15, 0.2) is 10.5 Å². The molecule has 1 rings (SSSR count). The van der Waals surface area contributed by atoms with Crippen LogP contribution in [0.4, 0.5) is 0 Å². The summed E-state index contributed by atoms with van der Waals surface area (Å²) < 4.78 is 5.26. The van der Waals surface area contributed by atoms with Crippen molar-refractivity contribution >= 4 is 11.9 Å². The summed E-state index contributed by atoms with van der Waals surface area (Å²) in [6, 6.07) is 0.734. The average molecular weight is 253 g/mol. The first-order valence-corrected chi connectivity index (χ1v) is 5.97. The van der Waals surface area contributed by atoms with Gasteiger partial charge in [0.05, 0.1) is 5.56 Å². The van der Waals surface area contributed by atoms with Gasteiger partial charge in [-0.15, -0.1) is 0 Å². The maximum Gasteiger partial charge on any atom is 0.326 e. The molecule has 0 saturated carbocycles. The van der Waals surface area contributed by atoms with Gasteiger partial charge in [0.15, 0.2) is 0 Å². The molecule has 0 bridgehead atoms. The van der Waals surface area contributed by atoms with Crippen molar-refractivity contribution in [1.82, 2.24) is 5.32 Å². The number of hydrogen-bond donors (Lipinski definition) is 2. The van der Waals surface area contributed by atoms with E-state index in [1.165, 1.54) is 0 Å². The molecule has 0 aliphatic rings. The van der Waals surface area contributed by atoms with E-state index in [9.17, 15) is 9.59 Å². The van der Waals surface area contributed by atoms with E-state index in [4.69, 9.17) is 9.52 Å². The van der Waals surface area contributed by atoms with Crippen LogP contribution >= 0.6 is 0 Å². The molecule has 2 N–H and O–H groups in total. The van der Waals surface area contributed by atoms with E-state index in [2.05, 4.69) is 5.32 Å².